The first kappa shape index (κ1) is 18.7. The Hall–Kier alpha value is -2.68. The van der Waals surface area contributed by atoms with Gasteiger partial charge in [0, 0.05) is 28.5 Å². The van der Waals surface area contributed by atoms with E-state index < -0.39 is 4.92 Å². The van der Waals surface area contributed by atoms with Crippen LogP contribution in [-0.2, 0) is 0 Å². The molecule has 0 fully saturated rings. The number of rotatable bonds is 4. The fourth-order valence-electron chi connectivity index (χ4n) is 2.63. The first-order chi connectivity index (χ1) is 13.4. The van der Waals surface area contributed by atoms with Crippen molar-refractivity contribution in [2.75, 3.05) is 0 Å². The number of halogens is 3. The summed E-state index contributed by atoms with van der Waals surface area (Å²) in [4.78, 5) is 19.6. The third-order valence-corrected chi connectivity index (χ3v) is 5.00. The highest BCUT2D eigenvalue weighted by molar-refractivity contribution is 9.10. The van der Waals surface area contributed by atoms with Crippen LogP contribution in [0.15, 0.2) is 62.7 Å². The predicted octanol–water partition coefficient (Wildman–Crippen LogP) is 6.32. The Labute approximate surface area is 176 Å². The molecule has 4 aromatic rings. The zero-order chi connectivity index (χ0) is 19.8. The first-order valence-corrected chi connectivity index (χ1v) is 9.38. The van der Waals surface area contributed by atoms with E-state index in [1.54, 1.807) is 22.8 Å². The van der Waals surface area contributed by atoms with E-state index in [9.17, 15) is 10.1 Å². The number of fused-ring (bicyclic) bond motifs is 1. The molecule has 0 saturated carbocycles. The quantitative estimate of drug-likeness (QED) is 0.194. The first-order valence-electron chi connectivity index (χ1n) is 7.83. The Kier molecular flexibility index (Phi) is 4.92. The maximum Gasteiger partial charge on any atom is 0.288 e. The van der Waals surface area contributed by atoms with Gasteiger partial charge in [0.2, 0.25) is 0 Å². The number of pyridine rings is 1. The molecule has 140 valence electrons. The van der Waals surface area contributed by atoms with E-state index in [-0.39, 0.29) is 15.7 Å². The van der Waals surface area contributed by atoms with Gasteiger partial charge in [0.25, 0.3) is 5.69 Å². The van der Waals surface area contributed by atoms with E-state index in [1.165, 1.54) is 18.3 Å². The normalized spacial score (nSPS) is 11.5. The van der Waals surface area contributed by atoms with Crippen LogP contribution >= 0.6 is 39.1 Å². The summed E-state index contributed by atoms with van der Waals surface area (Å²) in [5, 5.41) is 11.3. The molecule has 0 radical (unpaired) electrons. The molecule has 28 heavy (non-hydrogen) atoms. The second-order valence-electron chi connectivity index (χ2n) is 5.68. The number of aromatic nitrogens is 2. The Morgan fingerprint density at radius 3 is 2.79 bits per heavy atom. The van der Waals surface area contributed by atoms with E-state index in [1.807, 2.05) is 18.3 Å². The average Bonchev–Trinajstić information content (AvgIpc) is 3.28. The van der Waals surface area contributed by atoms with Gasteiger partial charge in [-0.25, -0.2) is 9.98 Å². The number of hydrogen-bond donors (Lipinski definition) is 0. The van der Waals surface area contributed by atoms with Crippen LogP contribution in [0.1, 0.15) is 5.56 Å². The largest absolute Gasteiger partial charge is 0.463 e. The molecule has 3 heterocycles. The van der Waals surface area contributed by atoms with Crippen LogP contribution in [0.25, 0.3) is 17.1 Å². The second-order valence-corrected chi connectivity index (χ2v) is 7.41. The number of imidazole rings is 1. The molecule has 0 atom stereocenters. The molecule has 10 heteroatoms. The molecule has 1 aromatic carbocycles. The number of nitro benzene ring substituents is 1. The minimum Gasteiger partial charge on any atom is -0.463 e. The molecule has 3 aromatic heterocycles. The van der Waals surface area contributed by atoms with Crippen LogP contribution < -0.4 is 0 Å². The highest BCUT2D eigenvalue weighted by atomic mass is 79.9. The van der Waals surface area contributed by atoms with Crippen molar-refractivity contribution >= 4 is 62.5 Å². The standard InChI is InChI=1S/C18H9BrCl2N4O3/c19-11-3-4-16-23-17(15-2-1-5-28-15)18(24(16)9-11)22-8-10-6-14(25(26)27)13(21)7-12(10)20/h1-9H. The molecular weight excluding hydrogens is 471 g/mol. The highest BCUT2D eigenvalue weighted by Crippen LogP contribution is 2.34. The lowest BCUT2D eigenvalue weighted by molar-refractivity contribution is -0.384. The van der Waals surface area contributed by atoms with Crippen molar-refractivity contribution in [2.24, 2.45) is 4.99 Å². The molecule has 0 N–H and O–H groups in total. The number of benzene rings is 1. The van der Waals surface area contributed by atoms with Gasteiger partial charge in [-0.05, 0) is 46.3 Å². The predicted molar refractivity (Wildman–Crippen MR) is 111 cm³/mol. The van der Waals surface area contributed by atoms with Gasteiger partial charge in [0.15, 0.2) is 17.3 Å². The number of nitrogens with zero attached hydrogens (tertiary/aromatic N) is 4. The van der Waals surface area contributed by atoms with Crippen molar-refractivity contribution < 1.29 is 9.34 Å². The maximum atomic E-state index is 11.1. The third kappa shape index (κ3) is 3.42. The van der Waals surface area contributed by atoms with Crippen molar-refractivity contribution in [3.05, 3.63) is 79.1 Å². The molecule has 0 bridgehead atoms. The summed E-state index contributed by atoms with van der Waals surface area (Å²) in [5.41, 5.74) is 1.29. The Bertz CT molecular complexity index is 1240. The van der Waals surface area contributed by atoms with Gasteiger partial charge in [-0.3, -0.25) is 14.5 Å². The van der Waals surface area contributed by atoms with Gasteiger partial charge >= 0.3 is 0 Å². The van der Waals surface area contributed by atoms with E-state index in [0.717, 1.165) is 4.47 Å². The van der Waals surface area contributed by atoms with Gasteiger partial charge in [-0.2, -0.15) is 0 Å². The summed E-state index contributed by atoms with van der Waals surface area (Å²) in [6.45, 7) is 0. The molecule has 0 saturated heterocycles. The summed E-state index contributed by atoms with van der Waals surface area (Å²) in [6.07, 6.45) is 4.79. The number of hydrogen-bond acceptors (Lipinski definition) is 5. The van der Waals surface area contributed by atoms with Crippen LogP contribution in [-0.4, -0.2) is 20.5 Å². The van der Waals surface area contributed by atoms with Crippen LogP contribution in [0.5, 0.6) is 0 Å². The Balaban J connectivity index is 1.88. The number of furan rings is 1. The molecule has 0 unspecified atom stereocenters. The van der Waals surface area contributed by atoms with Crippen molar-refractivity contribution in [3.63, 3.8) is 0 Å². The molecule has 0 aliphatic heterocycles. The van der Waals surface area contributed by atoms with Crippen LogP contribution in [0.2, 0.25) is 10.0 Å². The SMILES string of the molecule is O=[N+]([O-])c1cc(C=Nc2c(-c3ccco3)nc3ccc(Br)cn23)c(Cl)cc1Cl. The van der Waals surface area contributed by atoms with Crippen LogP contribution in [0, 0.1) is 10.1 Å². The topological polar surface area (TPSA) is 85.9 Å². The lowest BCUT2D eigenvalue weighted by Gasteiger charge is -2.02. The zero-order valence-electron chi connectivity index (χ0n) is 13.8. The van der Waals surface area contributed by atoms with Crippen molar-refractivity contribution in [2.45, 2.75) is 0 Å². The number of nitro groups is 1. The molecule has 0 aliphatic carbocycles. The molecule has 4 rings (SSSR count). The summed E-state index contributed by atoms with van der Waals surface area (Å²) < 4.78 is 8.08. The van der Waals surface area contributed by atoms with Gasteiger partial charge in [0.1, 0.15) is 10.7 Å². The van der Waals surface area contributed by atoms with E-state index in [0.29, 0.717) is 28.5 Å². The molecule has 0 aliphatic rings. The fraction of sp³-hybridized carbons (Fsp3) is 0. The van der Waals surface area contributed by atoms with E-state index in [2.05, 4.69) is 25.9 Å². The lowest BCUT2D eigenvalue weighted by atomic mass is 10.2. The smallest absolute Gasteiger partial charge is 0.288 e. The van der Waals surface area contributed by atoms with Gasteiger partial charge < -0.3 is 4.42 Å². The molecule has 0 amide bonds. The van der Waals surface area contributed by atoms with E-state index >= 15 is 0 Å². The molecular formula is C18H9BrCl2N4O3. The van der Waals surface area contributed by atoms with Gasteiger partial charge in [-0.1, -0.05) is 23.2 Å². The zero-order valence-corrected chi connectivity index (χ0v) is 16.9. The second kappa shape index (κ2) is 7.38. The average molecular weight is 480 g/mol. The molecule has 7 nitrogen and oxygen atoms in total. The summed E-state index contributed by atoms with van der Waals surface area (Å²) >= 11 is 15.5. The Morgan fingerprint density at radius 2 is 2.07 bits per heavy atom. The summed E-state index contributed by atoms with van der Waals surface area (Å²) in [5.74, 6) is 1.03. The van der Waals surface area contributed by atoms with Crippen LogP contribution in [0.3, 0.4) is 0 Å². The minimum atomic E-state index is -0.574. The summed E-state index contributed by atoms with van der Waals surface area (Å²) in [6, 6.07) is 9.82. The Morgan fingerprint density at radius 1 is 1.25 bits per heavy atom. The molecule has 0 spiro atoms. The maximum absolute atomic E-state index is 11.1. The van der Waals surface area contributed by atoms with Gasteiger partial charge in [0.05, 0.1) is 16.2 Å². The number of aliphatic imine (C=N–C) groups is 1. The third-order valence-electron chi connectivity index (χ3n) is 3.90. The summed E-state index contributed by atoms with van der Waals surface area (Å²) in [7, 11) is 0. The minimum absolute atomic E-state index is 0.0397. The fourth-order valence-corrected chi connectivity index (χ4v) is 3.47. The highest BCUT2D eigenvalue weighted by Gasteiger charge is 2.18. The van der Waals surface area contributed by atoms with E-state index in [4.69, 9.17) is 27.6 Å². The van der Waals surface area contributed by atoms with Crippen LogP contribution in [0.4, 0.5) is 11.5 Å². The van der Waals surface area contributed by atoms with Crippen molar-refractivity contribution in [1.29, 1.82) is 0 Å². The van der Waals surface area contributed by atoms with Crippen molar-refractivity contribution in [3.8, 4) is 11.5 Å². The van der Waals surface area contributed by atoms with Gasteiger partial charge in [-0.15, -0.1) is 0 Å². The van der Waals surface area contributed by atoms with Crippen molar-refractivity contribution in [1.82, 2.24) is 9.38 Å². The lowest BCUT2D eigenvalue weighted by Crippen LogP contribution is -1.93. The monoisotopic (exact) mass is 478 g/mol.